The first-order chi connectivity index (χ1) is 12.0. The first-order valence-electron chi connectivity index (χ1n) is 8.80. The van der Waals surface area contributed by atoms with Crippen LogP contribution in [0.2, 0.25) is 0 Å². The van der Waals surface area contributed by atoms with Gasteiger partial charge in [-0.05, 0) is 31.4 Å². The molecule has 4 rings (SSSR count). The van der Waals surface area contributed by atoms with Gasteiger partial charge in [-0.15, -0.1) is 0 Å². The van der Waals surface area contributed by atoms with E-state index >= 15 is 0 Å². The zero-order valence-electron chi connectivity index (χ0n) is 14.4. The largest absolute Gasteiger partial charge is 0.291 e. The van der Waals surface area contributed by atoms with Crippen LogP contribution in [0, 0.1) is 6.92 Å². The lowest BCUT2D eigenvalue weighted by atomic mass is 10.1. The van der Waals surface area contributed by atoms with Crippen molar-refractivity contribution >= 4 is 10.0 Å². The van der Waals surface area contributed by atoms with Crippen LogP contribution in [0.15, 0.2) is 36.5 Å². The summed E-state index contributed by atoms with van der Waals surface area (Å²) in [6, 6.07) is 10.6. The maximum Gasteiger partial charge on any atom is 0.214 e. The highest BCUT2D eigenvalue weighted by atomic mass is 32.2. The number of rotatable bonds is 6. The third-order valence-electron chi connectivity index (χ3n) is 4.96. The van der Waals surface area contributed by atoms with Gasteiger partial charge in [0.05, 0.1) is 17.0 Å². The van der Waals surface area contributed by atoms with Gasteiger partial charge in [0.15, 0.2) is 0 Å². The minimum atomic E-state index is -3.16. The molecule has 0 saturated heterocycles. The Morgan fingerprint density at radius 3 is 2.68 bits per heavy atom. The Balaban J connectivity index is 1.46. The molecule has 2 aromatic rings. The van der Waals surface area contributed by atoms with Crippen LogP contribution >= 0.6 is 0 Å². The van der Waals surface area contributed by atoms with E-state index in [1.807, 2.05) is 10.7 Å². The molecule has 1 fully saturated rings. The van der Waals surface area contributed by atoms with Crippen LogP contribution in [-0.2, 0) is 23.1 Å². The highest BCUT2D eigenvalue weighted by Crippen LogP contribution is 2.28. The van der Waals surface area contributed by atoms with Crippen molar-refractivity contribution in [2.75, 3.05) is 13.1 Å². The minimum Gasteiger partial charge on any atom is -0.291 e. The topological polar surface area (TPSA) is 67.2 Å². The number of nitrogens with one attached hydrogen (secondary N) is 1. The van der Waals surface area contributed by atoms with Crippen molar-refractivity contribution in [2.24, 2.45) is 0 Å². The second kappa shape index (κ2) is 6.55. The molecule has 2 aliphatic rings. The molecule has 2 heterocycles. The summed E-state index contributed by atoms with van der Waals surface area (Å²) in [5, 5.41) is 4.22. The Hall–Kier alpha value is -1.70. The molecule has 6 nitrogen and oxygen atoms in total. The fourth-order valence-corrected chi connectivity index (χ4v) is 4.81. The third-order valence-corrected chi connectivity index (χ3v) is 6.88. The minimum absolute atomic E-state index is 0.0257. The number of aryl methyl sites for hydroxylation is 1. The van der Waals surface area contributed by atoms with Crippen LogP contribution in [0.4, 0.5) is 0 Å². The molecule has 25 heavy (non-hydrogen) atoms. The standard InChI is InChI=1S/C18H24N4O2S/c1-14-2-4-15(5-3-14)11-21-12-16-8-9-19-22(16)17(13-21)10-20-25(23,24)18-6-7-18/h2-5,8-9,17-18,20H,6-7,10-13H2,1H3/t17-/m1/s1. The molecular weight excluding hydrogens is 336 g/mol. The van der Waals surface area contributed by atoms with Crippen LogP contribution < -0.4 is 4.72 Å². The van der Waals surface area contributed by atoms with Gasteiger partial charge in [-0.2, -0.15) is 5.10 Å². The number of hydrogen-bond donors (Lipinski definition) is 1. The van der Waals surface area contributed by atoms with E-state index in [1.165, 1.54) is 11.1 Å². The number of hydrogen-bond acceptors (Lipinski definition) is 4. The molecule has 1 aromatic heterocycles. The molecule has 0 bridgehead atoms. The predicted octanol–water partition coefficient (Wildman–Crippen LogP) is 1.83. The fourth-order valence-electron chi connectivity index (χ4n) is 3.40. The molecule has 1 aliphatic carbocycles. The van der Waals surface area contributed by atoms with Crippen molar-refractivity contribution in [3.8, 4) is 0 Å². The quantitative estimate of drug-likeness (QED) is 0.853. The highest BCUT2D eigenvalue weighted by molar-refractivity contribution is 7.90. The van der Waals surface area contributed by atoms with E-state index < -0.39 is 10.0 Å². The molecule has 0 amide bonds. The van der Waals surface area contributed by atoms with Crippen molar-refractivity contribution < 1.29 is 8.42 Å². The molecule has 1 N–H and O–H groups in total. The number of benzene rings is 1. The lowest BCUT2D eigenvalue weighted by Gasteiger charge is -2.34. The number of fused-ring (bicyclic) bond motifs is 1. The van der Waals surface area contributed by atoms with Gasteiger partial charge in [0, 0.05) is 32.4 Å². The summed E-state index contributed by atoms with van der Waals surface area (Å²) >= 11 is 0. The smallest absolute Gasteiger partial charge is 0.214 e. The van der Waals surface area contributed by atoms with Gasteiger partial charge in [-0.1, -0.05) is 29.8 Å². The SMILES string of the molecule is Cc1ccc(CN2Cc3ccnn3[C@H](CNS(=O)(=O)C3CC3)C2)cc1. The number of nitrogens with zero attached hydrogens (tertiary/aromatic N) is 3. The van der Waals surface area contributed by atoms with E-state index in [-0.39, 0.29) is 11.3 Å². The molecule has 1 aromatic carbocycles. The van der Waals surface area contributed by atoms with Crippen LogP contribution in [0.3, 0.4) is 0 Å². The van der Waals surface area contributed by atoms with E-state index in [1.54, 1.807) is 6.20 Å². The van der Waals surface area contributed by atoms with Gasteiger partial charge < -0.3 is 0 Å². The lowest BCUT2D eigenvalue weighted by molar-refractivity contribution is 0.168. The summed E-state index contributed by atoms with van der Waals surface area (Å²) in [5.41, 5.74) is 3.66. The summed E-state index contributed by atoms with van der Waals surface area (Å²) in [6.45, 7) is 4.97. The predicted molar refractivity (Wildman–Crippen MR) is 96.5 cm³/mol. The van der Waals surface area contributed by atoms with E-state index in [0.29, 0.717) is 6.54 Å². The van der Waals surface area contributed by atoms with Crippen LogP contribution in [0.1, 0.15) is 35.7 Å². The van der Waals surface area contributed by atoms with Crippen molar-refractivity contribution in [2.45, 2.75) is 44.1 Å². The van der Waals surface area contributed by atoms with Gasteiger partial charge in [0.25, 0.3) is 0 Å². The summed E-state index contributed by atoms with van der Waals surface area (Å²) in [4.78, 5) is 2.36. The van der Waals surface area contributed by atoms with E-state index in [2.05, 4.69) is 45.9 Å². The molecule has 1 atom stereocenters. The zero-order chi connectivity index (χ0) is 17.4. The monoisotopic (exact) mass is 360 g/mol. The molecule has 0 radical (unpaired) electrons. The maximum absolute atomic E-state index is 12.1. The first kappa shape index (κ1) is 16.8. The van der Waals surface area contributed by atoms with Crippen molar-refractivity contribution in [1.82, 2.24) is 19.4 Å². The number of aromatic nitrogens is 2. The van der Waals surface area contributed by atoms with Gasteiger partial charge in [-0.3, -0.25) is 9.58 Å². The van der Waals surface area contributed by atoms with Gasteiger partial charge in [0.1, 0.15) is 0 Å². The Kier molecular flexibility index (Phi) is 4.39. The van der Waals surface area contributed by atoms with E-state index in [4.69, 9.17) is 0 Å². The molecule has 0 unspecified atom stereocenters. The normalized spacial score (nSPS) is 21.2. The van der Waals surface area contributed by atoms with Crippen LogP contribution in [0.25, 0.3) is 0 Å². The summed E-state index contributed by atoms with van der Waals surface area (Å²) in [6.07, 6.45) is 3.37. The number of sulfonamides is 1. The summed E-state index contributed by atoms with van der Waals surface area (Å²) < 4.78 is 29.0. The van der Waals surface area contributed by atoms with E-state index in [0.717, 1.165) is 38.2 Å². The van der Waals surface area contributed by atoms with E-state index in [9.17, 15) is 8.42 Å². The molecule has 7 heteroatoms. The molecule has 1 aliphatic heterocycles. The van der Waals surface area contributed by atoms with Crippen molar-refractivity contribution in [3.05, 3.63) is 53.3 Å². The average molecular weight is 360 g/mol. The Morgan fingerprint density at radius 2 is 1.96 bits per heavy atom. The van der Waals surface area contributed by atoms with Crippen LogP contribution in [-0.4, -0.2) is 41.4 Å². The summed E-state index contributed by atoms with van der Waals surface area (Å²) in [7, 11) is -3.16. The first-order valence-corrected chi connectivity index (χ1v) is 10.3. The van der Waals surface area contributed by atoms with Crippen molar-refractivity contribution in [1.29, 1.82) is 0 Å². The molecule has 1 saturated carbocycles. The van der Waals surface area contributed by atoms with Gasteiger partial charge >= 0.3 is 0 Å². The molecular formula is C18H24N4O2S. The second-order valence-corrected chi connectivity index (χ2v) is 9.21. The Morgan fingerprint density at radius 1 is 1.20 bits per heavy atom. The third kappa shape index (κ3) is 3.78. The van der Waals surface area contributed by atoms with Gasteiger partial charge in [-0.25, -0.2) is 13.1 Å². The molecule has 134 valence electrons. The van der Waals surface area contributed by atoms with Crippen LogP contribution in [0.5, 0.6) is 0 Å². The zero-order valence-corrected chi connectivity index (χ0v) is 15.2. The summed E-state index contributed by atoms with van der Waals surface area (Å²) in [5.74, 6) is 0. The average Bonchev–Trinajstić information content (AvgIpc) is 3.35. The van der Waals surface area contributed by atoms with Crippen molar-refractivity contribution in [3.63, 3.8) is 0 Å². The Labute approximate surface area is 148 Å². The highest BCUT2D eigenvalue weighted by Gasteiger charge is 2.36. The fraction of sp³-hybridized carbons (Fsp3) is 0.500. The lowest BCUT2D eigenvalue weighted by Crippen LogP contribution is -2.43. The van der Waals surface area contributed by atoms with Gasteiger partial charge in [0.2, 0.25) is 10.0 Å². The second-order valence-electron chi connectivity index (χ2n) is 7.17. The maximum atomic E-state index is 12.1. The Bertz CT molecular complexity index is 840. The molecule has 0 spiro atoms.